The third-order valence-corrected chi connectivity index (χ3v) is 3.52. The standard InChI is InChI=1S/C14H19Cl2NO4/c1-8(2)12(21-14(17)18)13(20-7-19-3)11-9(15)5-4-6-10(11)16/h4-6,8,12-13H,7H2,1-3H3,(H2,17,18). The first kappa shape index (κ1) is 18.0. The van der Waals surface area contributed by atoms with Gasteiger partial charge >= 0.3 is 6.09 Å². The van der Waals surface area contributed by atoms with Crippen LogP contribution in [0, 0.1) is 5.92 Å². The molecular weight excluding hydrogens is 317 g/mol. The molecule has 0 aliphatic heterocycles. The fourth-order valence-corrected chi connectivity index (χ4v) is 2.56. The zero-order valence-electron chi connectivity index (χ0n) is 12.1. The van der Waals surface area contributed by atoms with Crippen molar-refractivity contribution in [3.05, 3.63) is 33.8 Å². The topological polar surface area (TPSA) is 70.8 Å². The zero-order valence-corrected chi connectivity index (χ0v) is 13.6. The van der Waals surface area contributed by atoms with Crippen LogP contribution in [0.1, 0.15) is 25.5 Å². The summed E-state index contributed by atoms with van der Waals surface area (Å²) in [5, 5.41) is 0.838. The first-order valence-electron chi connectivity index (χ1n) is 6.39. The number of benzene rings is 1. The molecule has 1 aromatic carbocycles. The Hall–Kier alpha value is -1.01. The van der Waals surface area contributed by atoms with E-state index in [1.807, 2.05) is 13.8 Å². The molecule has 0 fully saturated rings. The summed E-state index contributed by atoms with van der Waals surface area (Å²) in [5.41, 5.74) is 5.68. The lowest BCUT2D eigenvalue weighted by molar-refractivity contribution is -0.124. The first-order chi connectivity index (χ1) is 9.88. The maximum Gasteiger partial charge on any atom is 0.404 e. The van der Waals surface area contributed by atoms with Crippen LogP contribution in [0.2, 0.25) is 10.0 Å². The molecule has 0 bridgehead atoms. The molecule has 118 valence electrons. The van der Waals surface area contributed by atoms with Gasteiger partial charge in [0, 0.05) is 22.7 Å². The predicted molar refractivity (Wildman–Crippen MR) is 81.5 cm³/mol. The molecular formula is C14H19Cl2NO4. The number of carbonyl (C=O) groups is 1. The summed E-state index contributed by atoms with van der Waals surface area (Å²) in [6, 6.07) is 5.10. The van der Waals surface area contributed by atoms with Gasteiger partial charge in [-0.3, -0.25) is 0 Å². The number of amides is 1. The highest BCUT2D eigenvalue weighted by Gasteiger charge is 2.33. The van der Waals surface area contributed by atoms with E-state index in [9.17, 15) is 4.79 Å². The SMILES string of the molecule is COCOC(c1c(Cl)cccc1Cl)C(OC(N)=O)C(C)C. The second kappa shape index (κ2) is 8.44. The largest absolute Gasteiger partial charge is 0.443 e. The Balaban J connectivity index is 3.22. The van der Waals surface area contributed by atoms with Crippen molar-refractivity contribution >= 4 is 29.3 Å². The number of halogens is 2. The summed E-state index contributed by atoms with van der Waals surface area (Å²) in [7, 11) is 1.49. The van der Waals surface area contributed by atoms with E-state index in [0.29, 0.717) is 15.6 Å². The lowest BCUT2D eigenvalue weighted by Gasteiger charge is -2.30. The van der Waals surface area contributed by atoms with E-state index >= 15 is 0 Å². The second-order valence-electron chi connectivity index (χ2n) is 4.77. The number of hydrogen-bond acceptors (Lipinski definition) is 4. The smallest absolute Gasteiger partial charge is 0.404 e. The van der Waals surface area contributed by atoms with Crippen LogP contribution in [0.15, 0.2) is 18.2 Å². The lowest BCUT2D eigenvalue weighted by atomic mass is 9.95. The van der Waals surface area contributed by atoms with Crippen LogP contribution in [-0.4, -0.2) is 26.1 Å². The number of methoxy groups -OCH3 is 1. The quantitative estimate of drug-likeness (QED) is 0.770. The van der Waals surface area contributed by atoms with Crippen molar-refractivity contribution in [1.29, 1.82) is 0 Å². The molecule has 5 nitrogen and oxygen atoms in total. The van der Waals surface area contributed by atoms with E-state index in [1.165, 1.54) is 7.11 Å². The van der Waals surface area contributed by atoms with Gasteiger partial charge in [0.05, 0.1) is 0 Å². The van der Waals surface area contributed by atoms with E-state index in [1.54, 1.807) is 18.2 Å². The van der Waals surface area contributed by atoms with Crippen LogP contribution in [0.5, 0.6) is 0 Å². The summed E-state index contributed by atoms with van der Waals surface area (Å²) in [6.07, 6.45) is -2.21. The Bertz CT molecular complexity index is 462. The van der Waals surface area contributed by atoms with Crippen molar-refractivity contribution in [1.82, 2.24) is 0 Å². The number of carbonyl (C=O) groups excluding carboxylic acids is 1. The Morgan fingerprint density at radius 1 is 1.29 bits per heavy atom. The highest BCUT2D eigenvalue weighted by Crippen LogP contribution is 2.37. The van der Waals surface area contributed by atoms with E-state index in [2.05, 4.69) is 0 Å². The molecule has 2 unspecified atom stereocenters. The third kappa shape index (κ3) is 5.04. The number of rotatable bonds is 7. The van der Waals surface area contributed by atoms with E-state index in [-0.39, 0.29) is 12.7 Å². The number of nitrogens with two attached hydrogens (primary N) is 1. The number of primary amides is 1. The molecule has 1 aromatic rings. The van der Waals surface area contributed by atoms with Crippen molar-refractivity contribution in [3.63, 3.8) is 0 Å². The minimum Gasteiger partial charge on any atom is -0.443 e. The van der Waals surface area contributed by atoms with Gasteiger partial charge in [0.1, 0.15) is 19.0 Å². The van der Waals surface area contributed by atoms with Gasteiger partial charge in [-0.05, 0) is 18.1 Å². The fraction of sp³-hybridized carbons (Fsp3) is 0.500. The molecule has 1 amide bonds. The Kier molecular flexibility index (Phi) is 7.25. The van der Waals surface area contributed by atoms with Crippen LogP contribution >= 0.6 is 23.2 Å². The molecule has 0 spiro atoms. The summed E-state index contributed by atoms with van der Waals surface area (Å²) in [5.74, 6) is -0.0632. The van der Waals surface area contributed by atoms with E-state index < -0.39 is 18.3 Å². The molecule has 2 N–H and O–H groups in total. The molecule has 21 heavy (non-hydrogen) atoms. The maximum absolute atomic E-state index is 11.1. The van der Waals surface area contributed by atoms with Gasteiger partial charge in [-0.1, -0.05) is 43.1 Å². The van der Waals surface area contributed by atoms with Gasteiger partial charge in [0.2, 0.25) is 0 Å². The van der Waals surface area contributed by atoms with Crippen molar-refractivity contribution in [3.8, 4) is 0 Å². The van der Waals surface area contributed by atoms with Gasteiger partial charge in [-0.15, -0.1) is 0 Å². The van der Waals surface area contributed by atoms with Crippen molar-refractivity contribution in [2.45, 2.75) is 26.1 Å². The minimum absolute atomic E-state index is 0.00242. The molecule has 0 aliphatic rings. The van der Waals surface area contributed by atoms with Crippen LogP contribution < -0.4 is 5.73 Å². The van der Waals surface area contributed by atoms with Crippen LogP contribution in [0.3, 0.4) is 0 Å². The molecule has 0 heterocycles. The highest BCUT2D eigenvalue weighted by atomic mass is 35.5. The normalized spacial score (nSPS) is 14.0. The third-order valence-electron chi connectivity index (χ3n) is 2.86. The summed E-state index contributed by atoms with van der Waals surface area (Å²) in [4.78, 5) is 11.1. The lowest BCUT2D eigenvalue weighted by Crippen LogP contribution is -2.34. The molecule has 7 heteroatoms. The van der Waals surface area contributed by atoms with E-state index in [4.69, 9.17) is 43.1 Å². The predicted octanol–water partition coefficient (Wildman–Crippen LogP) is 3.77. The fourth-order valence-electron chi connectivity index (χ4n) is 1.95. The monoisotopic (exact) mass is 335 g/mol. The van der Waals surface area contributed by atoms with Gasteiger partial charge < -0.3 is 19.9 Å². The van der Waals surface area contributed by atoms with Crippen molar-refractivity contribution < 1.29 is 19.0 Å². The average molecular weight is 336 g/mol. The number of ether oxygens (including phenoxy) is 3. The van der Waals surface area contributed by atoms with Crippen LogP contribution in [-0.2, 0) is 14.2 Å². The van der Waals surface area contributed by atoms with Crippen molar-refractivity contribution in [2.24, 2.45) is 11.7 Å². The Morgan fingerprint density at radius 3 is 2.29 bits per heavy atom. The number of hydrogen-bond donors (Lipinski definition) is 1. The summed E-state index contributed by atoms with van der Waals surface area (Å²) < 4.78 is 15.7. The Morgan fingerprint density at radius 2 is 1.86 bits per heavy atom. The van der Waals surface area contributed by atoms with Gasteiger partial charge in [0.25, 0.3) is 0 Å². The van der Waals surface area contributed by atoms with Crippen LogP contribution in [0.25, 0.3) is 0 Å². The molecule has 0 aromatic heterocycles. The molecule has 0 saturated heterocycles. The molecule has 0 saturated carbocycles. The average Bonchev–Trinajstić information content (AvgIpc) is 2.39. The molecule has 0 aliphatic carbocycles. The van der Waals surface area contributed by atoms with Gasteiger partial charge in [0.15, 0.2) is 0 Å². The molecule has 0 radical (unpaired) electrons. The second-order valence-corrected chi connectivity index (χ2v) is 5.59. The van der Waals surface area contributed by atoms with Crippen molar-refractivity contribution in [2.75, 3.05) is 13.9 Å². The van der Waals surface area contributed by atoms with E-state index in [0.717, 1.165) is 0 Å². The Labute approximate surface area is 134 Å². The summed E-state index contributed by atoms with van der Waals surface area (Å²) in [6.45, 7) is 3.75. The molecule has 1 rings (SSSR count). The zero-order chi connectivity index (χ0) is 16.0. The maximum atomic E-state index is 11.1. The first-order valence-corrected chi connectivity index (χ1v) is 7.14. The van der Waals surface area contributed by atoms with Gasteiger partial charge in [-0.25, -0.2) is 4.79 Å². The minimum atomic E-state index is -0.886. The molecule has 2 atom stereocenters. The summed E-state index contributed by atoms with van der Waals surface area (Å²) >= 11 is 12.4. The highest BCUT2D eigenvalue weighted by molar-refractivity contribution is 6.36. The van der Waals surface area contributed by atoms with Gasteiger partial charge in [-0.2, -0.15) is 0 Å². The van der Waals surface area contributed by atoms with Crippen LogP contribution in [0.4, 0.5) is 4.79 Å².